The minimum atomic E-state index is -3.39. The van der Waals surface area contributed by atoms with Gasteiger partial charge < -0.3 is 4.90 Å². The van der Waals surface area contributed by atoms with Gasteiger partial charge in [0.15, 0.2) is 0 Å². The molecule has 0 bridgehead atoms. The molecule has 108 valence electrons. The average Bonchev–Trinajstić information content (AvgIpc) is 2.71. The van der Waals surface area contributed by atoms with Crippen LogP contribution in [-0.2, 0) is 10.0 Å². The molecule has 2 rings (SSSR count). The molecular formula is C11H16BrClN2O2S2. The minimum Gasteiger partial charge on any atom is -0.301 e. The molecule has 0 spiro atoms. The predicted octanol–water partition coefficient (Wildman–Crippen LogP) is 2.88. The van der Waals surface area contributed by atoms with Crippen LogP contribution < -0.4 is 0 Å². The summed E-state index contributed by atoms with van der Waals surface area (Å²) in [4.78, 5) is 2.29. The highest BCUT2D eigenvalue weighted by Crippen LogP contribution is 2.36. The molecule has 4 nitrogen and oxygen atoms in total. The smallest absolute Gasteiger partial charge is 0.252 e. The highest BCUT2D eigenvalue weighted by molar-refractivity contribution is 9.11. The predicted molar refractivity (Wildman–Crippen MR) is 82.5 cm³/mol. The van der Waals surface area contributed by atoms with Gasteiger partial charge in [-0.05, 0) is 35.0 Å². The molecule has 0 aromatic carbocycles. The van der Waals surface area contributed by atoms with E-state index < -0.39 is 10.0 Å². The van der Waals surface area contributed by atoms with E-state index in [0.29, 0.717) is 26.1 Å². The van der Waals surface area contributed by atoms with Crippen molar-refractivity contribution in [1.82, 2.24) is 9.21 Å². The maximum Gasteiger partial charge on any atom is 0.252 e. The third-order valence-electron chi connectivity index (χ3n) is 3.09. The van der Waals surface area contributed by atoms with Crippen molar-refractivity contribution in [2.45, 2.75) is 17.6 Å². The summed E-state index contributed by atoms with van der Waals surface area (Å²) in [5, 5.41) is 0.452. The first-order valence-corrected chi connectivity index (χ1v) is 9.55. The Hall–Kier alpha value is 0.340. The van der Waals surface area contributed by atoms with Gasteiger partial charge in [0.1, 0.15) is 4.21 Å². The summed E-state index contributed by atoms with van der Waals surface area (Å²) in [6.45, 7) is 5.87. The van der Waals surface area contributed by atoms with Gasteiger partial charge >= 0.3 is 0 Å². The molecular weight excluding hydrogens is 372 g/mol. The van der Waals surface area contributed by atoms with E-state index in [1.165, 1.54) is 17.4 Å². The SMILES string of the molecule is CCCN1CCN(S(=O)(=O)c2cc(Cl)c(Br)s2)CC1. The van der Waals surface area contributed by atoms with Crippen LogP contribution in [0.15, 0.2) is 14.1 Å². The number of rotatable bonds is 4. The fourth-order valence-electron chi connectivity index (χ4n) is 2.09. The van der Waals surface area contributed by atoms with E-state index in [-0.39, 0.29) is 0 Å². The summed E-state index contributed by atoms with van der Waals surface area (Å²) in [5.74, 6) is 0. The Bertz CT molecular complexity index is 519. The maximum atomic E-state index is 12.5. The quantitative estimate of drug-likeness (QED) is 0.797. The van der Waals surface area contributed by atoms with Crippen molar-refractivity contribution in [3.63, 3.8) is 0 Å². The van der Waals surface area contributed by atoms with Crippen molar-refractivity contribution in [3.8, 4) is 0 Å². The van der Waals surface area contributed by atoms with Crippen LogP contribution in [0.25, 0.3) is 0 Å². The molecule has 0 aliphatic carbocycles. The van der Waals surface area contributed by atoms with E-state index in [2.05, 4.69) is 27.8 Å². The molecule has 1 aliphatic rings. The molecule has 0 saturated carbocycles. The van der Waals surface area contributed by atoms with E-state index in [0.717, 1.165) is 26.1 Å². The normalized spacial score (nSPS) is 18.9. The average molecular weight is 388 g/mol. The first kappa shape index (κ1) is 15.7. The Labute approximate surface area is 131 Å². The molecule has 1 saturated heterocycles. The third-order valence-corrected chi connectivity index (χ3v) is 7.91. The van der Waals surface area contributed by atoms with Crippen molar-refractivity contribution < 1.29 is 8.42 Å². The topological polar surface area (TPSA) is 40.6 Å². The summed E-state index contributed by atoms with van der Waals surface area (Å²) in [6, 6.07) is 1.52. The lowest BCUT2D eigenvalue weighted by Crippen LogP contribution is -2.48. The molecule has 0 N–H and O–H groups in total. The number of hydrogen-bond donors (Lipinski definition) is 0. The highest BCUT2D eigenvalue weighted by Gasteiger charge is 2.30. The zero-order valence-electron chi connectivity index (χ0n) is 10.6. The van der Waals surface area contributed by atoms with Gasteiger partial charge in [0.05, 0.1) is 8.81 Å². The lowest BCUT2D eigenvalue weighted by atomic mass is 10.3. The first-order valence-electron chi connectivity index (χ1n) is 6.12. The lowest BCUT2D eigenvalue weighted by molar-refractivity contribution is 0.189. The van der Waals surface area contributed by atoms with Gasteiger partial charge in [-0.1, -0.05) is 18.5 Å². The first-order chi connectivity index (χ1) is 8.95. The lowest BCUT2D eigenvalue weighted by Gasteiger charge is -2.33. The second-order valence-electron chi connectivity index (χ2n) is 4.43. The van der Waals surface area contributed by atoms with Crippen LogP contribution in [0.3, 0.4) is 0 Å². The Morgan fingerprint density at radius 2 is 2.00 bits per heavy atom. The van der Waals surface area contributed by atoms with Crippen LogP contribution in [-0.4, -0.2) is 50.3 Å². The Morgan fingerprint density at radius 3 is 2.47 bits per heavy atom. The molecule has 0 radical (unpaired) electrons. The molecule has 8 heteroatoms. The van der Waals surface area contributed by atoms with Crippen LogP contribution in [0.4, 0.5) is 0 Å². The van der Waals surface area contributed by atoms with Crippen molar-refractivity contribution in [3.05, 3.63) is 14.9 Å². The van der Waals surface area contributed by atoms with Crippen molar-refractivity contribution in [1.29, 1.82) is 0 Å². The largest absolute Gasteiger partial charge is 0.301 e. The minimum absolute atomic E-state index is 0.313. The Morgan fingerprint density at radius 1 is 1.37 bits per heavy atom. The van der Waals surface area contributed by atoms with Gasteiger partial charge in [-0.2, -0.15) is 4.31 Å². The van der Waals surface area contributed by atoms with Crippen LogP contribution in [0.5, 0.6) is 0 Å². The molecule has 0 unspecified atom stereocenters. The fourth-order valence-corrected chi connectivity index (χ4v) is 6.07. The summed E-state index contributed by atoms with van der Waals surface area (Å²) in [5.41, 5.74) is 0. The number of thiophene rings is 1. The van der Waals surface area contributed by atoms with Gasteiger partial charge in [-0.25, -0.2) is 8.42 Å². The summed E-state index contributed by atoms with van der Waals surface area (Å²) in [7, 11) is -3.39. The molecule has 1 fully saturated rings. The van der Waals surface area contributed by atoms with Gasteiger partial charge in [0, 0.05) is 26.2 Å². The number of halogens is 2. The van der Waals surface area contributed by atoms with E-state index in [9.17, 15) is 8.42 Å². The summed E-state index contributed by atoms with van der Waals surface area (Å²) in [6.07, 6.45) is 1.10. The third kappa shape index (κ3) is 3.51. The zero-order chi connectivity index (χ0) is 14.0. The van der Waals surface area contributed by atoms with Gasteiger partial charge in [-0.3, -0.25) is 0 Å². The molecule has 1 aromatic heterocycles. The van der Waals surface area contributed by atoms with E-state index >= 15 is 0 Å². The molecule has 0 amide bonds. The maximum absolute atomic E-state index is 12.5. The number of piperazine rings is 1. The number of nitrogens with zero attached hydrogens (tertiary/aromatic N) is 2. The second-order valence-corrected chi connectivity index (χ2v) is 9.37. The van der Waals surface area contributed by atoms with Crippen LogP contribution in [0.2, 0.25) is 5.02 Å². The van der Waals surface area contributed by atoms with Crippen LogP contribution in [0.1, 0.15) is 13.3 Å². The van der Waals surface area contributed by atoms with Crippen LogP contribution in [0, 0.1) is 0 Å². The monoisotopic (exact) mass is 386 g/mol. The van der Waals surface area contributed by atoms with Gasteiger partial charge in [0.2, 0.25) is 0 Å². The summed E-state index contributed by atoms with van der Waals surface area (Å²) < 4.78 is 27.4. The van der Waals surface area contributed by atoms with Crippen LogP contribution >= 0.6 is 38.9 Å². The highest BCUT2D eigenvalue weighted by atomic mass is 79.9. The van der Waals surface area contributed by atoms with E-state index in [4.69, 9.17) is 11.6 Å². The second kappa shape index (κ2) is 6.41. The Balaban J connectivity index is 2.09. The number of sulfonamides is 1. The van der Waals surface area contributed by atoms with Crippen molar-refractivity contribution in [2.24, 2.45) is 0 Å². The molecule has 1 aliphatic heterocycles. The fraction of sp³-hybridized carbons (Fsp3) is 0.636. The van der Waals surface area contributed by atoms with Crippen molar-refractivity contribution >= 4 is 48.9 Å². The standard InChI is InChI=1S/C11H16BrClN2O2S2/c1-2-3-14-4-6-15(7-5-14)19(16,17)10-8-9(13)11(12)18-10/h8H,2-7H2,1H3. The van der Waals surface area contributed by atoms with Gasteiger partial charge in [-0.15, -0.1) is 11.3 Å². The Kier molecular flexibility index (Phi) is 5.30. The number of hydrogen-bond acceptors (Lipinski definition) is 4. The molecule has 19 heavy (non-hydrogen) atoms. The zero-order valence-corrected chi connectivity index (χ0v) is 14.6. The summed E-state index contributed by atoms with van der Waals surface area (Å²) >= 11 is 10.3. The van der Waals surface area contributed by atoms with E-state index in [1.54, 1.807) is 4.31 Å². The van der Waals surface area contributed by atoms with Crippen molar-refractivity contribution in [2.75, 3.05) is 32.7 Å². The molecule has 0 atom stereocenters. The molecule has 1 aromatic rings. The molecule has 2 heterocycles. The van der Waals surface area contributed by atoms with E-state index in [1.807, 2.05) is 0 Å². The van der Waals surface area contributed by atoms with Gasteiger partial charge in [0.25, 0.3) is 10.0 Å².